The molecule has 1 aliphatic carbocycles. The van der Waals surface area contributed by atoms with E-state index in [4.69, 9.17) is 4.74 Å². The first-order valence-electron chi connectivity index (χ1n) is 11.7. The van der Waals surface area contributed by atoms with Crippen molar-refractivity contribution in [2.24, 2.45) is 16.3 Å². The Kier molecular flexibility index (Phi) is 5.80. The number of hydrogen-bond acceptors (Lipinski definition) is 7. The van der Waals surface area contributed by atoms with Gasteiger partial charge in [0.2, 0.25) is 5.91 Å². The Morgan fingerprint density at radius 2 is 2.12 bits per heavy atom. The molecule has 0 spiro atoms. The van der Waals surface area contributed by atoms with Gasteiger partial charge in [-0.2, -0.15) is 0 Å². The molecule has 3 aromatic rings. The van der Waals surface area contributed by atoms with Gasteiger partial charge in [0.15, 0.2) is 0 Å². The third-order valence-electron chi connectivity index (χ3n) is 6.49. The first-order chi connectivity index (χ1) is 16.2. The highest BCUT2D eigenvalue weighted by Gasteiger charge is 2.31. The van der Waals surface area contributed by atoms with Crippen molar-refractivity contribution in [2.75, 3.05) is 26.0 Å². The van der Waals surface area contributed by atoms with E-state index in [0.29, 0.717) is 6.54 Å². The molecule has 0 saturated carbocycles. The second-order valence-corrected chi connectivity index (χ2v) is 11.5. The third-order valence-corrected chi connectivity index (χ3v) is 7.65. The highest BCUT2D eigenvalue weighted by atomic mass is 32.1. The SMILES string of the molecule is COc1cc2c(cc1Nc1ncnc3sc4c(c13)CC[C@H](C(=O)N(C)CC(C)(C)C)C4)C=NC2. The van der Waals surface area contributed by atoms with E-state index >= 15 is 0 Å². The van der Waals surface area contributed by atoms with Crippen molar-refractivity contribution in [2.45, 2.75) is 46.6 Å². The Morgan fingerprint density at radius 1 is 1.29 bits per heavy atom. The summed E-state index contributed by atoms with van der Waals surface area (Å²) in [5, 5.41) is 4.57. The molecule has 34 heavy (non-hydrogen) atoms. The zero-order valence-corrected chi connectivity index (χ0v) is 21.3. The van der Waals surface area contributed by atoms with Crippen LogP contribution in [0.25, 0.3) is 10.2 Å². The summed E-state index contributed by atoms with van der Waals surface area (Å²) in [5.74, 6) is 1.82. The Bertz CT molecular complexity index is 1290. The average Bonchev–Trinajstić information content (AvgIpc) is 3.40. The van der Waals surface area contributed by atoms with E-state index in [1.165, 1.54) is 10.4 Å². The second kappa shape index (κ2) is 8.65. The van der Waals surface area contributed by atoms with Crippen LogP contribution < -0.4 is 10.1 Å². The van der Waals surface area contributed by atoms with E-state index in [1.807, 2.05) is 24.2 Å². The minimum absolute atomic E-state index is 0.0216. The number of ether oxygens (including phenoxy) is 1. The monoisotopic (exact) mass is 477 g/mol. The van der Waals surface area contributed by atoms with Crippen LogP contribution >= 0.6 is 11.3 Å². The number of nitrogens with zero attached hydrogens (tertiary/aromatic N) is 4. The number of carbonyl (C=O) groups excluding carboxylic acids is 1. The molecule has 2 aromatic heterocycles. The first kappa shape index (κ1) is 22.8. The molecule has 8 heteroatoms. The number of methoxy groups -OCH3 is 1. The predicted octanol–water partition coefficient (Wildman–Crippen LogP) is 4.99. The van der Waals surface area contributed by atoms with Crippen LogP contribution in [0.5, 0.6) is 5.75 Å². The number of aliphatic imine (C=N–C) groups is 1. The molecular formula is C26H31N5O2S. The van der Waals surface area contributed by atoms with E-state index in [9.17, 15) is 4.79 Å². The molecule has 1 aromatic carbocycles. The van der Waals surface area contributed by atoms with Gasteiger partial charge in [0, 0.05) is 30.6 Å². The van der Waals surface area contributed by atoms with Crippen molar-refractivity contribution in [1.82, 2.24) is 14.9 Å². The molecule has 1 atom stereocenters. The molecule has 0 saturated heterocycles. The molecule has 0 unspecified atom stereocenters. The molecule has 1 aliphatic heterocycles. The summed E-state index contributed by atoms with van der Waals surface area (Å²) in [4.78, 5) is 30.8. The van der Waals surface area contributed by atoms with E-state index in [2.05, 4.69) is 47.1 Å². The summed E-state index contributed by atoms with van der Waals surface area (Å²) in [6.07, 6.45) is 5.97. The molecule has 0 radical (unpaired) electrons. The molecule has 0 fully saturated rings. The summed E-state index contributed by atoms with van der Waals surface area (Å²) in [5.41, 5.74) is 4.48. The Labute approximate surface area is 204 Å². The minimum Gasteiger partial charge on any atom is -0.495 e. The van der Waals surface area contributed by atoms with Gasteiger partial charge in [0.1, 0.15) is 22.7 Å². The van der Waals surface area contributed by atoms with Gasteiger partial charge in [-0.3, -0.25) is 9.79 Å². The van der Waals surface area contributed by atoms with Gasteiger partial charge < -0.3 is 15.0 Å². The number of thiophene rings is 1. The standard InChI is InChI=1S/C26H31N5O2S/c1-26(2,3)13-31(4)25(32)15-6-7-18-21(10-15)34-24-22(18)23(28-14-29-24)30-19-8-16-11-27-12-17(16)9-20(19)33-5/h8-9,11,14-15H,6-7,10,12-13H2,1-5H3,(H,28,29,30)/t15-/m0/s1. The van der Waals surface area contributed by atoms with Gasteiger partial charge in [-0.1, -0.05) is 20.8 Å². The lowest BCUT2D eigenvalue weighted by atomic mass is 9.86. The van der Waals surface area contributed by atoms with Gasteiger partial charge in [-0.25, -0.2) is 9.97 Å². The van der Waals surface area contributed by atoms with Crippen molar-refractivity contribution in [3.8, 4) is 5.75 Å². The molecule has 5 rings (SSSR count). The maximum Gasteiger partial charge on any atom is 0.225 e. The Hall–Kier alpha value is -3.00. The Balaban J connectivity index is 1.44. The molecular weight excluding hydrogens is 446 g/mol. The van der Waals surface area contributed by atoms with E-state index in [1.54, 1.807) is 24.8 Å². The summed E-state index contributed by atoms with van der Waals surface area (Å²) in [7, 11) is 3.61. The van der Waals surface area contributed by atoms with E-state index < -0.39 is 0 Å². The Morgan fingerprint density at radius 3 is 2.88 bits per heavy atom. The largest absolute Gasteiger partial charge is 0.495 e. The van der Waals surface area contributed by atoms with Crippen molar-refractivity contribution >= 4 is 45.2 Å². The lowest BCUT2D eigenvalue weighted by molar-refractivity contribution is -0.135. The van der Waals surface area contributed by atoms with Crippen molar-refractivity contribution < 1.29 is 9.53 Å². The van der Waals surface area contributed by atoms with Gasteiger partial charge >= 0.3 is 0 Å². The number of fused-ring (bicyclic) bond motifs is 4. The molecule has 0 bridgehead atoms. The number of carbonyl (C=O) groups is 1. The quantitative estimate of drug-likeness (QED) is 0.560. The number of hydrogen-bond donors (Lipinski definition) is 1. The summed E-state index contributed by atoms with van der Waals surface area (Å²) < 4.78 is 5.65. The fraction of sp³-hybridized carbons (Fsp3) is 0.462. The molecule has 3 heterocycles. The van der Waals surface area contributed by atoms with Gasteiger partial charge in [-0.15, -0.1) is 11.3 Å². The van der Waals surface area contributed by atoms with E-state index in [0.717, 1.165) is 64.4 Å². The molecule has 7 nitrogen and oxygen atoms in total. The zero-order chi connectivity index (χ0) is 24.0. The van der Waals surface area contributed by atoms with Crippen LogP contribution in [0.2, 0.25) is 0 Å². The number of aromatic nitrogens is 2. The van der Waals surface area contributed by atoms with Crippen LogP contribution in [0.15, 0.2) is 23.5 Å². The van der Waals surface area contributed by atoms with Crippen LogP contribution in [0.1, 0.15) is 48.8 Å². The van der Waals surface area contributed by atoms with Crippen LogP contribution in [0.3, 0.4) is 0 Å². The number of amides is 1. The maximum atomic E-state index is 13.1. The maximum absolute atomic E-state index is 13.1. The van der Waals surface area contributed by atoms with Gasteiger partial charge in [-0.05, 0) is 53.5 Å². The van der Waals surface area contributed by atoms with Crippen LogP contribution in [0, 0.1) is 11.3 Å². The predicted molar refractivity (Wildman–Crippen MR) is 138 cm³/mol. The second-order valence-electron chi connectivity index (χ2n) is 10.4. The fourth-order valence-corrected chi connectivity index (χ4v) is 6.32. The lowest BCUT2D eigenvalue weighted by Crippen LogP contribution is -2.39. The molecule has 2 aliphatic rings. The average molecular weight is 478 g/mol. The smallest absolute Gasteiger partial charge is 0.225 e. The molecule has 1 amide bonds. The normalized spacial score (nSPS) is 16.9. The van der Waals surface area contributed by atoms with Crippen molar-refractivity contribution in [3.05, 3.63) is 40.0 Å². The number of benzene rings is 1. The summed E-state index contributed by atoms with van der Waals surface area (Å²) in [6, 6.07) is 4.10. The number of rotatable bonds is 5. The van der Waals surface area contributed by atoms with Crippen molar-refractivity contribution in [1.29, 1.82) is 0 Å². The number of anilines is 2. The number of aryl methyl sites for hydroxylation is 1. The van der Waals surface area contributed by atoms with Crippen LogP contribution in [-0.4, -0.2) is 47.7 Å². The summed E-state index contributed by atoms with van der Waals surface area (Å²) >= 11 is 1.69. The summed E-state index contributed by atoms with van der Waals surface area (Å²) in [6.45, 7) is 7.94. The van der Waals surface area contributed by atoms with Crippen LogP contribution in [-0.2, 0) is 24.2 Å². The van der Waals surface area contributed by atoms with Crippen molar-refractivity contribution in [3.63, 3.8) is 0 Å². The molecule has 178 valence electrons. The fourth-order valence-electron chi connectivity index (χ4n) is 5.05. The molecule has 1 N–H and O–H groups in total. The minimum atomic E-state index is 0.0216. The highest BCUT2D eigenvalue weighted by Crippen LogP contribution is 2.42. The van der Waals surface area contributed by atoms with Crippen LogP contribution in [0.4, 0.5) is 11.5 Å². The zero-order valence-electron chi connectivity index (χ0n) is 20.4. The van der Waals surface area contributed by atoms with Gasteiger partial charge in [0.25, 0.3) is 0 Å². The third kappa shape index (κ3) is 4.27. The van der Waals surface area contributed by atoms with E-state index in [-0.39, 0.29) is 17.2 Å². The first-order valence-corrected chi connectivity index (χ1v) is 12.5. The van der Waals surface area contributed by atoms with Gasteiger partial charge in [0.05, 0.1) is 24.7 Å². The highest BCUT2D eigenvalue weighted by molar-refractivity contribution is 7.19. The lowest BCUT2D eigenvalue weighted by Gasteiger charge is -2.31. The number of nitrogens with one attached hydrogen (secondary N) is 1. The topological polar surface area (TPSA) is 79.7 Å².